The number of halogens is 1. The molecule has 0 radical (unpaired) electrons. The Balaban J connectivity index is 0.00000180. The highest BCUT2D eigenvalue weighted by Gasteiger charge is 2.18. The molecule has 0 amide bonds. The average Bonchev–Trinajstić information content (AvgIpc) is 2.39. The highest BCUT2D eigenvalue weighted by atomic mass is 35.5. The molecule has 19 heavy (non-hydrogen) atoms. The highest BCUT2D eigenvalue weighted by Crippen LogP contribution is 2.13. The molecule has 6 heteroatoms. The van der Waals surface area contributed by atoms with Gasteiger partial charge in [-0.1, -0.05) is 0 Å². The topological polar surface area (TPSA) is 44.3 Å². The lowest BCUT2D eigenvalue weighted by molar-refractivity contribution is 0.186. The van der Waals surface area contributed by atoms with Gasteiger partial charge in [0.15, 0.2) is 0 Å². The van der Waals surface area contributed by atoms with Crippen molar-refractivity contribution in [3.63, 3.8) is 0 Å². The molecule has 1 aliphatic heterocycles. The maximum atomic E-state index is 4.57. The number of hydrogen-bond donors (Lipinski definition) is 1. The van der Waals surface area contributed by atoms with Gasteiger partial charge < -0.3 is 10.2 Å². The Kier molecular flexibility index (Phi) is 6.48. The van der Waals surface area contributed by atoms with E-state index in [4.69, 9.17) is 0 Å². The van der Waals surface area contributed by atoms with Crippen molar-refractivity contribution in [1.82, 2.24) is 20.2 Å². The normalized spacial score (nSPS) is 19.8. The van der Waals surface area contributed by atoms with Crippen molar-refractivity contribution in [2.45, 2.75) is 25.4 Å². The van der Waals surface area contributed by atoms with Gasteiger partial charge in [-0.25, -0.2) is 9.97 Å². The van der Waals surface area contributed by atoms with Crippen molar-refractivity contribution >= 4 is 18.4 Å². The SMILES string of the molecule is CNC1CCCN(Cc2ccnc(N(C)C)n2)C1.Cl. The summed E-state index contributed by atoms with van der Waals surface area (Å²) in [5.41, 5.74) is 1.10. The van der Waals surface area contributed by atoms with Crippen molar-refractivity contribution in [2.24, 2.45) is 0 Å². The van der Waals surface area contributed by atoms with Crippen LogP contribution in [0.25, 0.3) is 0 Å². The van der Waals surface area contributed by atoms with Gasteiger partial charge in [-0.3, -0.25) is 4.90 Å². The molecular weight excluding hydrogens is 262 g/mol. The van der Waals surface area contributed by atoms with Crippen molar-refractivity contribution in [3.8, 4) is 0 Å². The first kappa shape index (κ1) is 16.1. The van der Waals surface area contributed by atoms with E-state index in [0.717, 1.165) is 24.7 Å². The summed E-state index contributed by atoms with van der Waals surface area (Å²) < 4.78 is 0. The highest BCUT2D eigenvalue weighted by molar-refractivity contribution is 5.85. The molecule has 0 aromatic carbocycles. The van der Waals surface area contributed by atoms with Crippen LogP contribution in [0.5, 0.6) is 0 Å². The summed E-state index contributed by atoms with van der Waals surface area (Å²) in [5.74, 6) is 0.787. The molecule has 0 bridgehead atoms. The first-order valence-electron chi connectivity index (χ1n) is 6.58. The fraction of sp³-hybridized carbons (Fsp3) is 0.692. The molecule has 1 N–H and O–H groups in total. The second kappa shape index (κ2) is 7.62. The van der Waals surface area contributed by atoms with Gasteiger partial charge in [0.05, 0.1) is 5.69 Å². The van der Waals surface area contributed by atoms with Gasteiger partial charge in [-0.15, -0.1) is 12.4 Å². The molecule has 108 valence electrons. The number of nitrogens with one attached hydrogen (secondary N) is 1. The Morgan fingerprint density at radius 2 is 2.26 bits per heavy atom. The molecule has 1 atom stereocenters. The molecule has 1 aromatic heterocycles. The Hall–Kier alpha value is -0.910. The van der Waals surface area contributed by atoms with Crippen molar-refractivity contribution < 1.29 is 0 Å². The number of piperidine rings is 1. The van der Waals surface area contributed by atoms with E-state index in [1.165, 1.54) is 19.4 Å². The molecule has 1 fully saturated rings. The lowest BCUT2D eigenvalue weighted by atomic mass is 10.1. The number of anilines is 1. The number of aromatic nitrogens is 2. The third kappa shape index (κ3) is 4.60. The van der Waals surface area contributed by atoms with Crippen LogP contribution in [-0.2, 0) is 6.54 Å². The molecular formula is C13H24ClN5. The zero-order chi connectivity index (χ0) is 13.0. The van der Waals surface area contributed by atoms with Crippen LogP contribution in [-0.4, -0.2) is 55.1 Å². The van der Waals surface area contributed by atoms with Gasteiger partial charge in [-0.05, 0) is 32.5 Å². The zero-order valence-corrected chi connectivity index (χ0v) is 12.8. The van der Waals surface area contributed by atoms with Gasteiger partial charge in [0, 0.05) is 39.4 Å². The van der Waals surface area contributed by atoms with Crippen molar-refractivity contribution in [2.75, 3.05) is 39.1 Å². The predicted molar refractivity (Wildman–Crippen MR) is 81.0 cm³/mol. The summed E-state index contributed by atoms with van der Waals surface area (Å²) in [5, 5.41) is 3.37. The lowest BCUT2D eigenvalue weighted by Crippen LogP contribution is -2.44. The largest absolute Gasteiger partial charge is 0.347 e. The van der Waals surface area contributed by atoms with Gasteiger partial charge in [0.1, 0.15) is 0 Å². The van der Waals surface area contributed by atoms with E-state index in [1.54, 1.807) is 0 Å². The molecule has 5 nitrogen and oxygen atoms in total. The van der Waals surface area contributed by atoms with E-state index in [-0.39, 0.29) is 12.4 Å². The fourth-order valence-electron chi connectivity index (χ4n) is 2.35. The predicted octanol–water partition coefficient (Wildman–Crippen LogP) is 1.15. The molecule has 0 aliphatic carbocycles. The maximum Gasteiger partial charge on any atom is 0.225 e. The van der Waals surface area contributed by atoms with E-state index in [1.807, 2.05) is 38.3 Å². The van der Waals surface area contributed by atoms with E-state index in [9.17, 15) is 0 Å². The second-order valence-corrected chi connectivity index (χ2v) is 5.11. The van der Waals surface area contributed by atoms with Gasteiger partial charge in [0.25, 0.3) is 0 Å². The van der Waals surface area contributed by atoms with E-state index >= 15 is 0 Å². The van der Waals surface area contributed by atoms with Crippen LogP contribution in [0.3, 0.4) is 0 Å². The molecule has 2 heterocycles. The quantitative estimate of drug-likeness (QED) is 0.899. The standard InChI is InChI=1S/C13H23N5.ClH/c1-14-11-5-4-8-18(9-11)10-12-6-7-15-13(16-12)17(2)3;/h6-7,11,14H,4-5,8-10H2,1-3H3;1H. The summed E-state index contributed by atoms with van der Waals surface area (Å²) in [6, 6.07) is 2.63. The summed E-state index contributed by atoms with van der Waals surface area (Å²) in [6.07, 6.45) is 4.38. The van der Waals surface area contributed by atoms with E-state index in [0.29, 0.717) is 6.04 Å². The molecule has 1 aromatic rings. The zero-order valence-electron chi connectivity index (χ0n) is 12.0. The van der Waals surface area contributed by atoms with Crippen LogP contribution in [0, 0.1) is 0 Å². The Bertz CT molecular complexity index is 385. The van der Waals surface area contributed by atoms with Gasteiger partial charge >= 0.3 is 0 Å². The number of likely N-dealkylation sites (N-methyl/N-ethyl adjacent to an activating group) is 1. The van der Waals surface area contributed by atoms with Crippen LogP contribution in [0.15, 0.2) is 12.3 Å². The Labute approximate surface area is 121 Å². The number of rotatable bonds is 4. The molecule has 1 aliphatic rings. The minimum absolute atomic E-state index is 0. The van der Waals surface area contributed by atoms with Crippen LogP contribution >= 0.6 is 12.4 Å². The summed E-state index contributed by atoms with van der Waals surface area (Å²) in [4.78, 5) is 13.2. The smallest absolute Gasteiger partial charge is 0.225 e. The van der Waals surface area contributed by atoms with Crippen LogP contribution in [0.4, 0.5) is 5.95 Å². The average molecular weight is 286 g/mol. The summed E-state index contributed by atoms with van der Waals surface area (Å²) in [7, 11) is 5.98. The van der Waals surface area contributed by atoms with E-state index in [2.05, 4.69) is 20.2 Å². The number of likely N-dealkylation sites (tertiary alicyclic amines) is 1. The van der Waals surface area contributed by atoms with Crippen molar-refractivity contribution in [3.05, 3.63) is 18.0 Å². The Morgan fingerprint density at radius 3 is 2.95 bits per heavy atom. The number of nitrogens with zero attached hydrogens (tertiary/aromatic N) is 4. The van der Waals surface area contributed by atoms with Gasteiger partial charge in [-0.2, -0.15) is 0 Å². The summed E-state index contributed by atoms with van der Waals surface area (Å²) >= 11 is 0. The monoisotopic (exact) mass is 285 g/mol. The van der Waals surface area contributed by atoms with Crippen LogP contribution in [0.1, 0.15) is 18.5 Å². The van der Waals surface area contributed by atoms with Crippen LogP contribution in [0.2, 0.25) is 0 Å². The number of hydrogen-bond acceptors (Lipinski definition) is 5. The van der Waals surface area contributed by atoms with Crippen LogP contribution < -0.4 is 10.2 Å². The van der Waals surface area contributed by atoms with Crippen molar-refractivity contribution in [1.29, 1.82) is 0 Å². The third-order valence-corrected chi connectivity index (χ3v) is 3.40. The second-order valence-electron chi connectivity index (χ2n) is 5.11. The molecule has 0 saturated carbocycles. The third-order valence-electron chi connectivity index (χ3n) is 3.40. The Morgan fingerprint density at radius 1 is 1.47 bits per heavy atom. The first-order chi connectivity index (χ1) is 8.69. The minimum atomic E-state index is 0. The molecule has 1 unspecified atom stereocenters. The minimum Gasteiger partial charge on any atom is -0.347 e. The fourth-order valence-corrected chi connectivity index (χ4v) is 2.35. The first-order valence-corrected chi connectivity index (χ1v) is 6.58. The van der Waals surface area contributed by atoms with E-state index < -0.39 is 0 Å². The summed E-state index contributed by atoms with van der Waals surface area (Å²) in [6.45, 7) is 3.19. The molecule has 0 spiro atoms. The molecule has 2 rings (SSSR count). The molecule has 1 saturated heterocycles. The maximum absolute atomic E-state index is 4.57. The van der Waals surface area contributed by atoms with Gasteiger partial charge in [0.2, 0.25) is 5.95 Å². The lowest BCUT2D eigenvalue weighted by Gasteiger charge is -2.32.